The summed E-state index contributed by atoms with van der Waals surface area (Å²) in [4.78, 5) is 16.5. The molecule has 0 bridgehead atoms. The number of nitrogens with zero attached hydrogens (tertiary/aromatic N) is 1. The van der Waals surface area contributed by atoms with Crippen LogP contribution in [0.25, 0.3) is 11.1 Å². The van der Waals surface area contributed by atoms with Gasteiger partial charge in [-0.15, -0.1) is 8.78 Å². The minimum Gasteiger partial charge on any atom is -0.395 e. The lowest BCUT2D eigenvalue weighted by atomic mass is 10.0. The molecule has 1 aromatic heterocycles. The van der Waals surface area contributed by atoms with E-state index in [9.17, 15) is 13.6 Å². The molecular formula is C20H13ClF2N2O3. The van der Waals surface area contributed by atoms with Gasteiger partial charge in [0.15, 0.2) is 11.5 Å². The Labute approximate surface area is 163 Å². The first-order valence-electron chi connectivity index (χ1n) is 8.25. The molecule has 0 radical (unpaired) electrons. The summed E-state index contributed by atoms with van der Waals surface area (Å²) in [6, 6.07) is 13.0. The van der Waals surface area contributed by atoms with E-state index in [0.717, 1.165) is 5.56 Å². The highest BCUT2D eigenvalue weighted by Crippen LogP contribution is 2.44. The normalized spacial score (nSPS) is 14.0. The second kappa shape index (κ2) is 6.76. The van der Waals surface area contributed by atoms with Crippen LogP contribution in [-0.2, 0) is 0 Å². The van der Waals surface area contributed by atoms with Crippen molar-refractivity contribution in [2.45, 2.75) is 13.2 Å². The molecule has 0 unspecified atom stereocenters. The largest absolute Gasteiger partial charge is 0.586 e. The third kappa shape index (κ3) is 3.48. The summed E-state index contributed by atoms with van der Waals surface area (Å²) in [7, 11) is 0. The van der Waals surface area contributed by atoms with Crippen molar-refractivity contribution in [1.29, 1.82) is 0 Å². The fourth-order valence-corrected chi connectivity index (χ4v) is 3.09. The summed E-state index contributed by atoms with van der Waals surface area (Å²) in [5.41, 5.74) is 2.39. The molecule has 1 amide bonds. The molecule has 0 saturated heterocycles. The Morgan fingerprint density at radius 1 is 1.11 bits per heavy atom. The van der Waals surface area contributed by atoms with Crippen molar-refractivity contribution in [3.8, 4) is 22.6 Å². The first kappa shape index (κ1) is 18.2. The van der Waals surface area contributed by atoms with Crippen LogP contribution in [0.1, 0.15) is 15.9 Å². The van der Waals surface area contributed by atoms with E-state index in [1.54, 1.807) is 43.3 Å². The number of ether oxygens (including phenoxy) is 2. The van der Waals surface area contributed by atoms with Gasteiger partial charge in [-0.3, -0.25) is 4.79 Å². The number of benzene rings is 2. The van der Waals surface area contributed by atoms with Crippen molar-refractivity contribution in [2.24, 2.45) is 0 Å². The third-order valence-corrected chi connectivity index (χ3v) is 4.51. The van der Waals surface area contributed by atoms with Gasteiger partial charge in [0.2, 0.25) is 0 Å². The number of pyridine rings is 1. The summed E-state index contributed by atoms with van der Waals surface area (Å²) >= 11 is 6.02. The van der Waals surface area contributed by atoms with Crippen molar-refractivity contribution in [3.05, 3.63) is 70.9 Å². The van der Waals surface area contributed by atoms with E-state index in [-0.39, 0.29) is 17.4 Å². The minimum atomic E-state index is -3.67. The molecule has 142 valence electrons. The van der Waals surface area contributed by atoms with Crippen LogP contribution in [0, 0.1) is 6.92 Å². The Morgan fingerprint density at radius 3 is 2.50 bits per heavy atom. The van der Waals surface area contributed by atoms with Crippen molar-refractivity contribution in [3.63, 3.8) is 0 Å². The van der Waals surface area contributed by atoms with Crippen LogP contribution in [0.5, 0.6) is 11.5 Å². The molecule has 3 aromatic rings. The number of nitrogens with one attached hydrogen (secondary N) is 1. The molecule has 2 aromatic carbocycles. The lowest BCUT2D eigenvalue weighted by Gasteiger charge is -2.09. The minimum absolute atomic E-state index is 0.0113. The molecule has 1 aliphatic rings. The number of hydrogen-bond donors (Lipinski definition) is 1. The second-order valence-corrected chi connectivity index (χ2v) is 6.55. The van der Waals surface area contributed by atoms with Crippen molar-refractivity contribution >= 4 is 23.3 Å². The van der Waals surface area contributed by atoms with Crippen LogP contribution in [0.3, 0.4) is 0 Å². The molecule has 0 fully saturated rings. The molecule has 0 atom stereocenters. The highest BCUT2D eigenvalue weighted by molar-refractivity contribution is 6.34. The number of fused-ring (bicyclic) bond motifs is 1. The maximum absolute atomic E-state index is 13.2. The number of hydrogen-bond acceptors (Lipinski definition) is 4. The van der Waals surface area contributed by atoms with Crippen LogP contribution < -0.4 is 14.8 Å². The van der Waals surface area contributed by atoms with E-state index in [1.807, 2.05) is 0 Å². The number of aromatic nitrogens is 1. The third-order valence-electron chi connectivity index (χ3n) is 4.18. The fraction of sp³-hybridized carbons (Fsp3) is 0.100. The lowest BCUT2D eigenvalue weighted by Crippen LogP contribution is -2.25. The first-order chi connectivity index (χ1) is 13.3. The van der Waals surface area contributed by atoms with Gasteiger partial charge in [-0.1, -0.05) is 23.7 Å². The summed E-state index contributed by atoms with van der Waals surface area (Å²) in [6.07, 6.45) is -2.14. The predicted octanol–water partition coefficient (Wildman–Crippen LogP) is 5.28. The summed E-state index contributed by atoms with van der Waals surface area (Å²) in [6.45, 7) is 1.77. The van der Waals surface area contributed by atoms with Crippen molar-refractivity contribution in [1.82, 2.24) is 4.98 Å². The fourth-order valence-electron chi connectivity index (χ4n) is 2.87. The van der Waals surface area contributed by atoms with E-state index in [1.165, 1.54) is 18.3 Å². The Kier molecular flexibility index (Phi) is 4.39. The van der Waals surface area contributed by atoms with Gasteiger partial charge in [0.25, 0.3) is 5.91 Å². The molecule has 28 heavy (non-hydrogen) atoms. The first-order valence-corrected chi connectivity index (χ1v) is 8.63. The highest BCUT2D eigenvalue weighted by atomic mass is 35.5. The maximum Gasteiger partial charge on any atom is 0.586 e. The Balaban J connectivity index is 1.56. The Bertz CT molecular complexity index is 1070. The van der Waals surface area contributed by atoms with Crippen LogP contribution in [-0.4, -0.2) is 17.2 Å². The zero-order valence-corrected chi connectivity index (χ0v) is 15.3. The lowest BCUT2D eigenvalue weighted by molar-refractivity contribution is -0.286. The molecule has 1 N–H and O–H groups in total. The van der Waals surface area contributed by atoms with Crippen LogP contribution in [0.2, 0.25) is 5.02 Å². The SMILES string of the molecule is Cc1cc2c(cc1-c1ccc(NC(=O)c3ccccc3Cl)nc1)OC(F)(F)O2. The van der Waals surface area contributed by atoms with E-state index in [2.05, 4.69) is 19.8 Å². The van der Waals surface area contributed by atoms with E-state index < -0.39 is 6.29 Å². The Morgan fingerprint density at radius 2 is 1.82 bits per heavy atom. The Hall–Kier alpha value is -3.19. The second-order valence-electron chi connectivity index (χ2n) is 6.15. The molecule has 0 spiro atoms. The number of aryl methyl sites for hydroxylation is 1. The van der Waals surface area contributed by atoms with Crippen LogP contribution in [0.15, 0.2) is 54.7 Å². The predicted molar refractivity (Wildman–Crippen MR) is 100 cm³/mol. The maximum atomic E-state index is 13.2. The smallest absolute Gasteiger partial charge is 0.395 e. The molecule has 0 saturated carbocycles. The molecule has 4 rings (SSSR count). The number of anilines is 1. The summed E-state index contributed by atoms with van der Waals surface area (Å²) < 4.78 is 35.4. The average Bonchev–Trinajstić information content (AvgIpc) is 2.95. The quantitative estimate of drug-likeness (QED) is 0.647. The van der Waals surface area contributed by atoms with Crippen LogP contribution in [0.4, 0.5) is 14.6 Å². The van der Waals surface area contributed by atoms with Gasteiger partial charge in [-0.2, -0.15) is 0 Å². The zero-order valence-electron chi connectivity index (χ0n) is 14.5. The van der Waals surface area contributed by atoms with Crippen molar-refractivity contribution in [2.75, 3.05) is 5.32 Å². The topological polar surface area (TPSA) is 60.5 Å². The monoisotopic (exact) mass is 402 g/mol. The molecule has 1 aliphatic heterocycles. The number of rotatable bonds is 3. The van der Waals surface area contributed by atoms with Gasteiger partial charge in [0.1, 0.15) is 5.82 Å². The zero-order chi connectivity index (χ0) is 19.9. The number of amides is 1. The standard InChI is InChI=1S/C20H13ClF2N2O3/c1-11-8-16-17(28-20(22,23)27-16)9-14(11)12-6-7-18(24-10-12)25-19(26)13-4-2-3-5-15(13)21/h2-10H,1H3,(H,24,25,26). The number of halogens is 3. The molecule has 8 heteroatoms. The van der Waals surface area contributed by atoms with E-state index in [4.69, 9.17) is 11.6 Å². The number of alkyl halides is 2. The van der Waals surface area contributed by atoms with Crippen LogP contribution >= 0.6 is 11.6 Å². The molecule has 5 nitrogen and oxygen atoms in total. The molecular weight excluding hydrogens is 390 g/mol. The van der Waals surface area contributed by atoms with Gasteiger partial charge >= 0.3 is 6.29 Å². The summed E-state index contributed by atoms with van der Waals surface area (Å²) in [5, 5.41) is 3.00. The number of carbonyl (C=O) groups is 1. The van der Waals surface area contributed by atoms with Gasteiger partial charge < -0.3 is 14.8 Å². The van der Waals surface area contributed by atoms with Crippen molar-refractivity contribution < 1.29 is 23.0 Å². The number of carbonyl (C=O) groups excluding carboxylic acids is 1. The van der Waals surface area contributed by atoms with E-state index >= 15 is 0 Å². The van der Waals surface area contributed by atoms with E-state index in [0.29, 0.717) is 27.5 Å². The average molecular weight is 403 g/mol. The van der Waals surface area contributed by atoms with Gasteiger partial charge in [0.05, 0.1) is 10.6 Å². The highest BCUT2D eigenvalue weighted by Gasteiger charge is 2.43. The molecule has 2 heterocycles. The van der Waals surface area contributed by atoms with Gasteiger partial charge in [0, 0.05) is 11.8 Å². The van der Waals surface area contributed by atoms with Gasteiger partial charge in [-0.05, 0) is 54.4 Å². The van der Waals surface area contributed by atoms with Gasteiger partial charge in [-0.25, -0.2) is 4.98 Å². The summed E-state index contributed by atoms with van der Waals surface area (Å²) in [5.74, 6) is -0.101. The molecule has 0 aliphatic carbocycles.